The highest BCUT2D eigenvalue weighted by atomic mass is 16.4. The lowest BCUT2D eigenvalue weighted by Crippen LogP contribution is -2.06. The monoisotopic (exact) mass is 308 g/mol. The lowest BCUT2D eigenvalue weighted by Gasteiger charge is -2.10. The van der Waals surface area contributed by atoms with Gasteiger partial charge in [0, 0.05) is 5.39 Å². The van der Waals surface area contributed by atoms with E-state index in [4.69, 9.17) is 5.11 Å². The Bertz CT molecular complexity index is 921. The average Bonchev–Trinajstić information content (AvgIpc) is 2.54. The van der Waals surface area contributed by atoms with Gasteiger partial charge in [-0.1, -0.05) is 18.2 Å². The van der Waals surface area contributed by atoms with Gasteiger partial charge in [-0.3, -0.25) is 0 Å². The van der Waals surface area contributed by atoms with Crippen molar-refractivity contribution >= 4 is 34.3 Å². The minimum Gasteiger partial charge on any atom is -0.478 e. The molecule has 0 unspecified atom stereocenters. The van der Waals surface area contributed by atoms with Crippen molar-refractivity contribution in [2.24, 2.45) is 0 Å². The van der Waals surface area contributed by atoms with Crippen molar-refractivity contribution in [2.75, 3.05) is 5.32 Å². The fraction of sp³-hybridized carbons (Fsp3) is 0. The first-order chi connectivity index (χ1) is 11.0. The van der Waals surface area contributed by atoms with E-state index in [1.54, 1.807) is 6.07 Å². The predicted octanol–water partition coefficient (Wildman–Crippen LogP) is 3.37. The second-order valence-corrected chi connectivity index (χ2v) is 4.88. The number of pyridine rings is 1. The highest BCUT2D eigenvalue weighted by molar-refractivity contribution is 5.99. The second-order valence-electron chi connectivity index (χ2n) is 4.88. The number of carbonyl (C=O) groups is 2. The molecule has 0 aliphatic heterocycles. The van der Waals surface area contributed by atoms with E-state index in [0.717, 1.165) is 17.0 Å². The Kier molecular flexibility index (Phi) is 3.64. The van der Waals surface area contributed by atoms with Crippen LogP contribution in [0.3, 0.4) is 0 Å². The smallest absolute Gasteiger partial charge is 0.337 e. The van der Waals surface area contributed by atoms with Gasteiger partial charge in [-0.15, -0.1) is 0 Å². The van der Waals surface area contributed by atoms with Crippen LogP contribution in [0, 0.1) is 0 Å². The minimum atomic E-state index is -1.21. The number of para-hydroxylation sites is 1. The van der Waals surface area contributed by atoms with Gasteiger partial charge in [0.1, 0.15) is 5.82 Å². The Morgan fingerprint density at radius 2 is 1.70 bits per heavy atom. The fourth-order valence-corrected chi connectivity index (χ4v) is 2.24. The molecule has 0 aliphatic rings. The van der Waals surface area contributed by atoms with Gasteiger partial charge in [0.2, 0.25) is 0 Å². The Morgan fingerprint density at radius 1 is 0.913 bits per heavy atom. The number of aromatic carboxylic acids is 2. The van der Waals surface area contributed by atoms with E-state index in [0.29, 0.717) is 5.82 Å². The van der Waals surface area contributed by atoms with Crippen LogP contribution in [-0.4, -0.2) is 27.1 Å². The summed E-state index contributed by atoms with van der Waals surface area (Å²) in [5.41, 5.74) is 0.848. The minimum absolute atomic E-state index is 0.0839. The van der Waals surface area contributed by atoms with Crippen molar-refractivity contribution in [1.82, 2.24) is 4.98 Å². The summed E-state index contributed by atoms with van der Waals surface area (Å²) in [6, 6.07) is 15.0. The van der Waals surface area contributed by atoms with Crippen molar-refractivity contribution in [3.8, 4) is 0 Å². The number of hydrogen-bond acceptors (Lipinski definition) is 4. The first kappa shape index (κ1) is 14.5. The molecule has 3 rings (SSSR count). The molecule has 0 saturated heterocycles. The third kappa shape index (κ3) is 2.96. The molecule has 0 spiro atoms. The number of anilines is 2. The van der Waals surface area contributed by atoms with Crippen LogP contribution in [0.5, 0.6) is 0 Å². The van der Waals surface area contributed by atoms with E-state index >= 15 is 0 Å². The highest BCUT2D eigenvalue weighted by Crippen LogP contribution is 2.23. The van der Waals surface area contributed by atoms with Crippen molar-refractivity contribution < 1.29 is 19.8 Å². The fourth-order valence-electron chi connectivity index (χ4n) is 2.24. The molecule has 6 nitrogen and oxygen atoms in total. The topological polar surface area (TPSA) is 99.5 Å². The van der Waals surface area contributed by atoms with Gasteiger partial charge in [-0.2, -0.15) is 0 Å². The molecule has 0 bridgehead atoms. The zero-order valence-electron chi connectivity index (χ0n) is 11.9. The summed E-state index contributed by atoms with van der Waals surface area (Å²) in [6.07, 6.45) is 0. The molecule has 1 heterocycles. The summed E-state index contributed by atoms with van der Waals surface area (Å²) in [5, 5.41) is 22.1. The Morgan fingerprint density at radius 3 is 2.43 bits per heavy atom. The van der Waals surface area contributed by atoms with Gasteiger partial charge in [-0.25, -0.2) is 14.6 Å². The molecule has 0 saturated carbocycles. The summed E-state index contributed by atoms with van der Waals surface area (Å²) < 4.78 is 0. The van der Waals surface area contributed by atoms with Crippen LogP contribution in [0.4, 0.5) is 11.5 Å². The molecule has 0 fully saturated rings. The van der Waals surface area contributed by atoms with Crippen molar-refractivity contribution in [1.29, 1.82) is 0 Å². The van der Waals surface area contributed by atoms with Gasteiger partial charge < -0.3 is 15.5 Å². The van der Waals surface area contributed by atoms with Gasteiger partial charge in [0.25, 0.3) is 0 Å². The summed E-state index contributed by atoms with van der Waals surface area (Å²) in [7, 11) is 0. The maximum Gasteiger partial charge on any atom is 0.337 e. The molecule has 0 aliphatic carbocycles. The quantitative estimate of drug-likeness (QED) is 0.683. The zero-order valence-corrected chi connectivity index (χ0v) is 11.9. The molecule has 3 N–H and O–H groups in total. The zero-order chi connectivity index (χ0) is 16.4. The average molecular weight is 308 g/mol. The lowest BCUT2D eigenvalue weighted by atomic mass is 10.1. The van der Waals surface area contributed by atoms with E-state index in [-0.39, 0.29) is 16.8 Å². The van der Waals surface area contributed by atoms with E-state index in [9.17, 15) is 14.7 Å². The van der Waals surface area contributed by atoms with Crippen LogP contribution < -0.4 is 5.32 Å². The number of nitrogens with one attached hydrogen (secondary N) is 1. The van der Waals surface area contributed by atoms with Gasteiger partial charge in [0.05, 0.1) is 22.3 Å². The Labute approximate surface area is 131 Å². The molecule has 3 aromatic rings. The first-order valence-electron chi connectivity index (χ1n) is 6.78. The summed E-state index contributed by atoms with van der Waals surface area (Å²) in [4.78, 5) is 26.7. The maximum absolute atomic E-state index is 11.3. The predicted molar refractivity (Wildman–Crippen MR) is 85.4 cm³/mol. The number of carboxylic acid groups (broad SMARTS) is 2. The largest absolute Gasteiger partial charge is 0.478 e. The number of benzene rings is 2. The van der Waals surface area contributed by atoms with Gasteiger partial charge >= 0.3 is 11.9 Å². The summed E-state index contributed by atoms with van der Waals surface area (Å²) in [6.45, 7) is 0. The van der Waals surface area contributed by atoms with Crippen LogP contribution >= 0.6 is 0 Å². The van der Waals surface area contributed by atoms with Crippen LogP contribution in [0.2, 0.25) is 0 Å². The number of nitrogens with zero attached hydrogens (tertiary/aromatic N) is 1. The number of aromatic nitrogens is 1. The first-order valence-corrected chi connectivity index (χ1v) is 6.78. The molecule has 114 valence electrons. The number of carboxylic acids is 2. The molecule has 6 heteroatoms. The van der Waals surface area contributed by atoms with Crippen LogP contribution in [0.15, 0.2) is 54.6 Å². The summed E-state index contributed by atoms with van der Waals surface area (Å²) in [5.74, 6) is -1.91. The van der Waals surface area contributed by atoms with E-state index in [2.05, 4.69) is 10.3 Å². The summed E-state index contributed by atoms with van der Waals surface area (Å²) >= 11 is 0. The standard InChI is InChI=1S/C17H12N2O4/c20-16(21)11-5-7-14(12(9-11)17(22)23)19-15-8-6-10-3-1-2-4-13(10)18-15/h1-9H,(H,18,19)(H,20,21)(H,22,23). The van der Waals surface area contributed by atoms with E-state index < -0.39 is 11.9 Å². The molecule has 0 atom stereocenters. The van der Waals surface area contributed by atoms with E-state index in [1.807, 2.05) is 30.3 Å². The molecule has 0 radical (unpaired) electrons. The van der Waals surface area contributed by atoms with Crippen molar-refractivity contribution in [3.05, 3.63) is 65.7 Å². The van der Waals surface area contributed by atoms with Crippen molar-refractivity contribution in [2.45, 2.75) is 0 Å². The van der Waals surface area contributed by atoms with Gasteiger partial charge in [0.15, 0.2) is 0 Å². The third-order valence-corrected chi connectivity index (χ3v) is 3.36. The Balaban J connectivity index is 2.00. The lowest BCUT2D eigenvalue weighted by molar-refractivity contribution is 0.0696. The number of rotatable bonds is 4. The molecule has 1 aromatic heterocycles. The SMILES string of the molecule is O=C(O)c1ccc(Nc2ccc3ccccc3n2)c(C(=O)O)c1. The molecular formula is C17H12N2O4. The molecule has 23 heavy (non-hydrogen) atoms. The van der Waals surface area contributed by atoms with Crippen LogP contribution in [-0.2, 0) is 0 Å². The second kappa shape index (κ2) is 5.76. The number of fused-ring (bicyclic) bond motifs is 1. The number of hydrogen-bond donors (Lipinski definition) is 3. The highest BCUT2D eigenvalue weighted by Gasteiger charge is 2.14. The molecule has 2 aromatic carbocycles. The van der Waals surface area contributed by atoms with Gasteiger partial charge in [-0.05, 0) is 36.4 Å². The molecular weight excluding hydrogens is 296 g/mol. The normalized spacial score (nSPS) is 10.4. The van der Waals surface area contributed by atoms with Crippen LogP contribution in [0.25, 0.3) is 10.9 Å². The molecule has 0 amide bonds. The maximum atomic E-state index is 11.3. The van der Waals surface area contributed by atoms with Crippen molar-refractivity contribution in [3.63, 3.8) is 0 Å². The van der Waals surface area contributed by atoms with Crippen LogP contribution in [0.1, 0.15) is 20.7 Å². The van der Waals surface area contributed by atoms with E-state index in [1.165, 1.54) is 12.1 Å². The third-order valence-electron chi connectivity index (χ3n) is 3.36. The Hall–Kier alpha value is -3.41.